The molecule has 1 aromatic heterocycles. The molecule has 0 fully saturated rings. The van der Waals surface area contributed by atoms with Crippen LogP contribution in [0.25, 0.3) is 16.5 Å². The van der Waals surface area contributed by atoms with Crippen LogP contribution >= 0.6 is 0 Å². The van der Waals surface area contributed by atoms with E-state index in [4.69, 9.17) is 20.9 Å². The third-order valence-electron chi connectivity index (χ3n) is 4.25. The highest BCUT2D eigenvalue weighted by atomic mass is 16.5. The molecule has 0 bridgehead atoms. The van der Waals surface area contributed by atoms with Crippen LogP contribution in [0.2, 0.25) is 0 Å². The van der Waals surface area contributed by atoms with E-state index in [1.54, 1.807) is 36.4 Å². The van der Waals surface area contributed by atoms with Crippen molar-refractivity contribution in [3.05, 3.63) is 64.1 Å². The Morgan fingerprint density at radius 2 is 1.64 bits per heavy atom. The Balaban J connectivity index is 2.38. The molecule has 3 rings (SSSR count). The van der Waals surface area contributed by atoms with Crippen LogP contribution in [0.3, 0.4) is 0 Å². The summed E-state index contributed by atoms with van der Waals surface area (Å²) in [5, 5.41) is 0.843. The summed E-state index contributed by atoms with van der Waals surface area (Å²) in [5.74, 6) is 0.00974. The maximum absolute atomic E-state index is 13.1. The van der Waals surface area contributed by atoms with Crippen molar-refractivity contribution in [2.45, 2.75) is 6.92 Å². The highest BCUT2D eigenvalue weighted by molar-refractivity contribution is 6.10. The fraction of sp³-hybridized carbons (Fsp3) is 0.150. The zero-order chi connectivity index (χ0) is 20.4. The third-order valence-corrected chi connectivity index (χ3v) is 4.25. The number of pyridine rings is 1. The molecule has 0 unspecified atom stereocenters. The van der Waals surface area contributed by atoms with E-state index in [-0.39, 0.29) is 17.1 Å². The summed E-state index contributed by atoms with van der Waals surface area (Å²) in [6.45, 7) is 1.87. The summed E-state index contributed by atoms with van der Waals surface area (Å²) in [4.78, 5) is 29.4. The van der Waals surface area contributed by atoms with E-state index in [0.29, 0.717) is 28.0 Å². The van der Waals surface area contributed by atoms with E-state index < -0.39 is 5.91 Å². The Hall–Kier alpha value is -3.81. The molecule has 144 valence electrons. The Bertz CT molecular complexity index is 1140. The van der Waals surface area contributed by atoms with Crippen LogP contribution < -0.4 is 26.5 Å². The van der Waals surface area contributed by atoms with E-state index in [2.05, 4.69) is 4.99 Å². The first-order valence-electron chi connectivity index (χ1n) is 8.37. The number of aromatic nitrogens is 1. The SMILES string of the molecule is COc1cc(OC)cc(-n2cc(C(=O)N=C(N)N)c3cc(C)ccc3c2=O)c1. The molecule has 28 heavy (non-hydrogen) atoms. The monoisotopic (exact) mass is 380 g/mol. The number of amides is 1. The van der Waals surface area contributed by atoms with Crippen molar-refractivity contribution in [3.63, 3.8) is 0 Å². The van der Waals surface area contributed by atoms with Crippen molar-refractivity contribution in [1.29, 1.82) is 0 Å². The Morgan fingerprint density at radius 1 is 1.00 bits per heavy atom. The van der Waals surface area contributed by atoms with E-state index in [1.165, 1.54) is 25.0 Å². The van der Waals surface area contributed by atoms with Gasteiger partial charge in [0.1, 0.15) is 11.5 Å². The molecule has 8 nitrogen and oxygen atoms in total. The predicted molar refractivity (Wildman–Crippen MR) is 108 cm³/mol. The van der Waals surface area contributed by atoms with Crippen molar-refractivity contribution in [2.24, 2.45) is 16.5 Å². The van der Waals surface area contributed by atoms with Crippen LogP contribution in [0.5, 0.6) is 11.5 Å². The van der Waals surface area contributed by atoms with Gasteiger partial charge in [0.05, 0.1) is 25.5 Å². The lowest BCUT2D eigenvalue weighted by Crippen LogP contribution is -2.25. The number of nitrogens with two attached hydrogens (primary N) is 2. The second kappa shape index (κ2) is 7.43. The number of hydrogen-bond acceptors (Lipinski definition) is 4. The minimum atomic E-state index is -0.640. The van der Waals surface area contributed by atoms with Crippen LogP contribution in [0.1, 0.15) is 15.9 Å². The first-order chi connectivity index (χ1) is 13.3. The standard InChI is InChI=1S/C20H20N4O4/c1-11-4-5-15-16(6-11)17(18(25)23-20(21)22)10-24(19(15)26)12-7-13(27-2)9-14(8-12)28-3/h4-10H,1-3H3,(H4,21,22,23,25). The van der Waals surface area contributed by atoms with E-state index in [1.807, 2.05) is 6.92 Å². The molecule has 2 aromatic carbocycles. The second-order valence-corrected chi connectivity index (χ2v) is 6.18. The quantitative estimate of drug-likeness (QED) is 0.525. The number of hydrogen-bond donors (Lipinski definition) is 2. The number of ether oxygens (including phenoxy) is 2. The van der Waals surface area contributed by atoms with E-state index in [0.717, 1.165) is 5.56 Å². The first kappa shape index (κ1) is 19.0. The normalized spacial score (nSPS) is 10.5. The highest BCUT2D eigenvalue weighted by Crippen LogP contribution is 2.26. The molecule has 0 aliphatic heterocycles. The molecule has 1 heterocycles. The third kappa shape index (κ3) is 3.52. The number of fused-ring (bicyclic) bond motifs is 1. The van der Waals surface area contributed by atoms with Crippen molar-refractivity contribution >= 4 is 22.6 Å². The molecule has 0 aliphatic rings. The summed E-state index contributed by atoms with van der Waals surface area (Å²) < 4.78 is 11.9. The Kier molecular flexibility index (Phi) is 5.04. The number of rotatable bonds is 4. The molecule has 0 saturated heterocycles. The average molecular weight is 380 g/mol. The molecular formula is C20H20N4O4. The van der Waals surface area contributed by atoms with Gasteiger partial charge < -0.3 is 20.9 Å². The maximum atomic E-state index is 13.1. The number of carbonyl (C=O) groups is 1. The van der Waals surface area contributed by atoms with Crippen molar-refractivity contribution in [1.82, 2.24) is 4.57 Å². The molecule has 0 saturated carbocycles. The highest BCUT2D eigenvalue weighted by Gasteiger charge is 2.17. The average Bonchev–Trinajstić information content (AvgIpc) is 2.67. The van der Waals surface area contributed by atoms with Gasteiger partial charge in [0.2, 0.25) is 0 Å². The largest absolute Gasteiger partial charge is 0.497 e. The fourth-order valence-electron chi connectivity index (χ4n) is 2.93. The summed E-state index contributed by atoms with van der Waals surface area (Å²) in [7, 11) is 3.02. The number of aryl methyl sites for hydroxylation is 1. The van der Waals surface area contributed by atoms with Gasteiger partial charge in [-0.25, -0.2) is 0 Å². The number of nitrogens with zero attached hydrogens (tertiary/aromatic N) is 2. The van der Waals surface area contributed by atoms with Crippen molar-refractivity contribution in [3.8, 4) is 17.2 Å². The molecule has 4 N–H and O–H groups in total. The van der Waals surface area contributed by atoms with Gasteiger partial charge in [0, 0.05) is 35.2 Å². The maximum Gasteiger partial charge on any atom is 0.282 e. The van der Waals surface area contributed by atoms with Gasteiger partial charge in [-0.2, -0.15) is 4.99 Å². The minimum Gasteiger partial charge on any atom is -0.497 e. The number of guanidine groups is 1. The summed E-state index contributed by atoms with van der Waals surface area (Å²) in [6, 6.07) is 10.2. The van der Waals surface area contributed by atoms with E-state index in [9.17, 15) is 9.59 Å². The lowest BCUT2D eigenvalue weighted by atomic mass is 10.0. The molecule has 0 spiro atoms. The van der Waals surface area contributed by atoms with Gasteiger partial charge in [-0.3, -0.25) is 14.2 Å². The van der Waals surface area contributed by atoms with Crippen LogP contribution in [0.15, 0.2) is 52.4 Å². The smallest absolute Gasteiger partial charge is 0.282 e. The summed E-state index contributed by atoms with van der Waals surface area (Å²) in [6.07, 6.45) is 1.42. The van der Waals surface area contributed by atoms with Gasteiger partial charge in [-0.05, 0) is 13.0 Å². The van der Waals surface area contributed by atoms with Crippen LogP contribution in [-0.4, -0.2) is 30.7 Å². The van der Waals surface area contributed by atoms with Gasteiger partial charge >= 0.3 is 0 Å². The van der Waals surface area contributed by atoms with Gasteiger partial charge in [-0.1, -0.05) is 17.7 Å². The Labute approximate surface area is 161 Å². The zero-order valence-corrected chi connectivity index (χ0v) is 15.7. The topological polar surface area (TPSA) is 122 Å². The number of carbonyl (C=O) groups excluding carboxylic acids is 1. The lowest BCUT2D eigenvalue weighted by molar-refractivity contribution is 0.100. The molecule has 0 radical (unpaired) electrons. The second-order valence-electron chi connectivity index (χ2n) is 6.18. The molecule has 3 aromatic rings. The van der Waals surface area contributed by atoms with Crippen molar-refractivity contribution in [2.75, 3.05) is 14.2 Å². The number of methoxy groups -OCH3 is 2. The van der Waals surface area contributed by atoms with Crippen LogP contribution in [0.4, 0.5) is 0 Å². The van der Waals surface area contributed by atoms with Gasteiger partial charge in [0.25, 0.3) is 11.5 Å². The summed E-state index contributed by atoms with van der Waals surface area (Å²) in [5.41, 5.74) is 12.0. The lowest BCUT2D eigenvalue weighted by Gasteiger charge is -2.13. The van der Waals surface area contributed by atoms with Crippen molar-refractivity contribution < 1.29 is 14.3 Å². The van der Waals surface area contributed by atoms with Gasteiger partial charge in [-0.15, -0.1) is 0 Å². The molecular weight excluding hydrogens is 360 g/mol. The van der Waals surface area contributed by atoms with Crippen LogP contribution in [0, 0.1) is 6.92 Å². The molecule has 8 heteroatoms. The molecule has 0 atom stereocenters. The van der Waals surface area contributed by atoms with E-state index >= 15 is 0 Å². The zero-order valence-electron chi connectivity index (χ0n) is 15.7. The molecule has 0 aliphatic carbocycles. The Morgan fingerprint density at radius 3 is 2.21 bits per heavy atom. The first-order valence-corrected chi connectivity index (χ1v) is 8.37. The predicted octanol–water partition coefficient (Wildman–Crippen LogP) is 1.73. The number of aliphatic imine (C=N–C) groups is 1. The molecule has 1 amide bonds. The minimum absolute atomic E-state index is 0.202. The summed E-state index contributed by atoms with van der Waals surface area (Å²) >= 11 is 0. The van der Waals surface area contributed by atoms with Crippen LogP contribution in [-0.2, 0) is 0 Å². The number of benzene rings is 2. The van der Waals surface area contributed by atoms with Gasteiger partial charge in [0.15, 0.2) is 5.96 Å². The fourth-order valence-corrected chi connectivity index (χ4v) is 2.93.